The van der Waals surface area contributed by atoms with Crippen molar-refractivity contribution in [3.63, 3.8) is 0 Å². The lowest BCUT2D eigenvalue weighted by atomic mass is 9.91. The van der Waals surface area contributed by atoms with Gasteiger partial charge >= 0.3 is 0 Å². The molecule has 4 heteroatoms. The average Bonchev–Trinajstić information content (AvgIpc) is 3.93. The molecule has 0 radical (unpaired) electrons. The highest BCUT2D eigenvalue weighted by Crippen LogP contribution is 2.44. The van der Waals surface area contributed by atoms with Crippen LogP contribution in [0.25, 0.3) is 138 Å². The van der Waals surface area contributed by atoms with Crippen molar-refractivity contribution < 1.29 is 4.42 Å². The van der Waals surface area contributed by atoms with Crippen LogP contribution >= 0.6 is 0 Å². The van der Waals surface area contributed by atoms with E-state index in [0.717, 1.165) is 66.7 Å². The standard InChI is InChI=1S/C62H37N3O/c1-3-14-39(15-4-1)56-37-61(64-62(63-56)40-16-5-2-6-17-40)65-57-30-27-44(42-24-23-38-13-7-8-18-41(38)31-42)33-54(57)55-35-52-47-20-10-9-19-46(47)51-32-43(25-28-48(51)53(52)36-58(55)65)45-26-29-50-49-21-11-12-22-59(49)66-60(50)34-45/h1-37H. The second kappa shape index (κ2) is 14.3. The number of benzene rings is 11. The van der Waals surface area contributed by atoms with E-state index < -0.39 is 0 Å². The topological polar surface area (TPSA) is 43.9 Å². The molecule has 0 N–H and O–H groups in total. The molecular formula is C62H37N3O. The monoisotopic (exact) mass is 839 g/mol. The molecule has 0 aliphatic rings. The SMILES string of the molecule is c1ccc(-c2cc(-n3c4ccc(-c5ccc6ccccc6c5)cc4c4cc5c6ccccc6c6cc(-c7ccc8c(c7)oc7ccccc78)ccc6c5cc43)nc(-c3ccccc3)n2)cc1. The third-order valence-corrected chi connectivity index (χ3v) is 13.6. The highest BCUT2D eigenvalue weighted by atomic mass is 16.3. The molecule has 0 saturated heterocycles. The lowest BCUT2D eigenvalue weighted by molar-refractivity contribution is 0.669. The van der Waals surface area contributed by atoms with Gasteiger partial charge in [-0.15, -0.1) is 0 Å². The molecule has 3 heterocycles. The molecule has 11 aromatic carbocycles. The average molecular weight is 840 g/mol. The Kier molecular flexibility index (Phi) is 7.95. The lowest BCUT2D eigenvalue weighted by Gasteiger charge is -2.14. The summed E-state index contributed by atoms with van der Waals surface area (Å²) < 4.78 is 8.70. The zero-order valence-corrected chi connectivity index (χ0v) is 35.6. The van der Waals surface area contributed by atoms with Crippen LogP contribution in [0.4, 0.5) is 0 Å². The highest BCUT2D eigenvalue weighted by molar-refractivity contribution is 6.29. The van der Waals surface area contributed by atoms with Crippen LogP contribution in [-0.4, -0.2) is 14.5 Å². The van der Waals surface area contributed by atoms with Gasteiger partial charge in [0.1, 0.15) is 17.0 Å². The Balaban J connectivity index is 1.05. The van der Waals surface area contributed by atoms with Crippen molar-refractivity contribution in [1.29, 1.82) is 0 Å². The van der Waals surface area contributed by atoms with Gasteiger partial charge in [0.25, 0.3) is 0 Å². The van der Waals surface area contributed by atoms with Gasteiger partial charge in [-0.1, -0.05) is 164 Å². The van der Waals surface area contributed by atoms with Crippen LogP contribution in [0.5, 0.6) is 0 Å². The van der Waals surface area contributed by atoms with Crippen LogP contribution in [-0.2, 0) is 0 Å². The summed E-state index contributed by atoms with van der Waals surface area (Å²) in [6.07, 6.45) is 0. The fourth-order valence-corrected chi connectivity index (χ4v) is 10.4. The van der Waals surface area contributed by atoms with Crippen LogP contribution < -0.4 is 0 Å². The van der Waals surface area contributed by atoms with Gasteiger partial charge in [-0.2, -0.15) is 0 Å². The van der Waals surface area contributed by atoms with Crippen LogP contribution in [0.2, 0.25) is 0 Å². The highest BCUT2D eigenvalue weighted by Gasteiger charge is 2.21. The Labute approximate surface area is 379 Å². The quantitative estimate of drug-likeness (QED) is 0.162. The minimum absolute atomic E-state index is 0.681. The summed E-state index contributed by atoms with van der Waals surface area (Å²) in [5, 5.41) is 14.3. The molecule has 0 saturated carbocycles. The molecule has 0 fully saturated rings. The van der Waals surface area contributed by atoms with Crippen molar-refractivity contribution in [1.82, 2.24) is 14.5 Å². The Bertz CT molecular complexity index is 4220. The van der Waals surface area contributed by atoms with Gasteiger partial charge in [0.15, 0.2) is 5.82 Å². The summed E-state index contributed by atoms with van der Waals surface area (Å²) in [5.41, 5.74) is 11.5. The maximum absolute atomic E-state index is 6.35. The normalized spacial score (nSPS) is 11.9. The molecule has 3 aromatic heterocycles. The minimum atomic E-state index is 0.681. The smallest absolute Gasteiger partial charge is 0.162 e. The molecule has 0 aliphatic carbocycles. The summed E-state index contributed by atoms with van der Waals surface area (Å²) in [6, 6.07) is 80.6. The molecule has 0 atom stereocenters. The van der Waals surface area contributed by atoms with Gasteiger partial charge in [0, 0.05) is 38.7 Å². The zero-order valence-electron chi connectivity index (χ0n) is 35.6. The number of para-hydroxylation sites is 1. The predicted octanol–water partition coefficient (Wildman–Crippen LogP) is 16.8. The van der Waals surface area contributed by atoms with Gasteiger partial charge in [0.2, 0.25) is 0 Å². The van der Waals surface area contributed by atoms with E-state index in [-0.39, 0.29) is 0 Å². The zero-order chi connectivity index (χ0) is 43.3. The first-order valence-electron chi connectivity index (χ1n) is 22.5. The van der Waals surface area contributed by atoms with Crippen LogP contribution in [0.1, 0.15) is 0 Å². The minimum Gasteiger partial charge on any atom is -0.456 e. The van der Waals surface area contributed by atoms with E-state index in [1.165, 1.54) is 65.0 Å². The summed E-state index contributed by atoms with van der Waals surface area (Å²) in [4.78, 5) is 10.6. The van der Waals surface area contributed by atoms with Gasteiger partial charge in [-0.3, -0.25) is 4.57 Å². The van der Waals surface area contributed by atoms with Crippen molar-refractivity contribution in [3.05, 3.63) is 224 Å². The summed E-state index contributed by atoms with van der Waals surface area (Å²) >= 11 is 0. The van der Waals surface area contributed by atoms with Crippen LogP contribution in [0.15, 0.2) is 229 Å². The van der Waals surface area contributed by atoms with E-state index in [2.05, 4.69) is 193 Å². The van der Waals surface area contributed by atoms with Crippen LogP contribution in [0, 0.1) is 0 Å². The van der Waals surface area contributed by atoms with Gasteiger partial charge in [-0.25, -0.2) is 9.97 Å². The van der Waals surface area contributed by atoms with E-state index in [1.807, 2.05) is 36.4 Å². The first-order chi connectivity index (χ1) is 32.7. The molecule has 66 heavy (non-hydrogen) atoms. The first kappa shape index (κ1) is 36.6. The molecule has 0 amide bonds. The molecule has 0 spiro atoms. The molecule has 0 bridgehead atoms. The van der Waals surface area contributed by atoms with Gasteiger partial charge < -0.3 is 4.42 Å². The summed E-state index contributed by atoms with van der Waals surface area (Å²) in [5.74, 6) is 1.49. The maximum atomic E-state index is 6.35. The molecule has 14 rings (SSSR count). The Morgan fingerprint density at radius 1 is 0.288 bits per heavy atom. The largest absolute Gasteiger partial charge is 0.456 e. The van der Waals surface area contributed by atoms with Gasteiger partial charge in [-0.05, 0) is 120 Å². The molecule has 0 aliphatic heterocycles. The van der Waals surface area contributed by atoms with Crippen LogP contribution in [0.3, 0.4) is 0 Å². The summed E-state index contributed by atoms with van der Waals surface area (Å²) in [6.45, 7) is 0. The number of nitrogens with zero attached hydrogens (tertiary/aromatic N) is 3. The third kappa shape index (κ3) is 5.72. The Morgan fingerprint density at radius 2 is 0.833 bits per heavy atom. The molecular weight excluding hydrogens is 803 g/mol. The Hall–Kier alpha value is -8.86. The van der Waals surface area contributed by atoms with E-state index >= 15 is 0 Å². The first-order valence-corrected chi connectivity index (χ1v) is 22.5. The van der Waals surface area contributed by atoms with E-state index in [4.69, 9.17) is 14.4 Å². The van der Waals surface area contributed by atoms with E-state index in [9.17, 15) is 0 Å². The number of aromatic nitrogens is 3. The number of furan rings is 1. The molecule has 4 nitrogen and oxygen atoms in total. The van der Waals surface area contributed by atoms with E-state index in [0.29, 0.717) is 5.82 Å². The summed E-state index contributed by atoms with van der Waals surface area (Å²) in [7, 11) is 0. The van der Waals surface area contributed by atoms with Gasteiger partial charge in [0.05, 0.1) is 16.7 Å². The fraction of sp³-hybridized carbons (Fsp3) is 0. The number of rotatable bonds is 5. The number of hydrogen-bond donors (Lipinski definition) is 0. The number of fused-ring (bicyclic) bond motifs is 13. The fourth-order valence-electron chi connectivity index (χ4n) is 10.4. The lowest BCUT2D eigenvalue weighted by Crippen LogP contribution is -2.02. The molecule has 306 valence electrons. The van der Waals surface area contributed by atoms with Crippen molar-refractivity contribution in [2.75, 3.05) is 0 Å². The molecule has 0 unspecified atom stereocenters. The Morgan fingerprint density at radius 3 is 1.64 bits per heavy atom. The predicted molar refractivity (Wildman–Crippen MR) is 275 cm³/mol. The second-order valence-electron chi connectivity index (χ2n) is 17.3. The van der Waals surface area contributed by atoms with Crippen molar-refractivity contribution in [2.45, 2.75) is 0 Å². The third-order valence-electron chi connectivity index (χ3n) is 13.6. The van der Waals surface area contributed by atoms with Crippen molar-refractivity contribution >= 4 is 86.8 Å². The van der Waals surface area contributed by atoms with E-state index in [1.54, 1.807) is 0 Å². The van der Waals surface area contributed by atoms with Crippen molar-refractivity contribution in [3.8, 4) is 50.7 Å². The number of hydrogen-bond acceptors (Lipinski definition) is 3. The van der Waals surface area contributed by atoms with Crippen molar-refractivity contribution in [2.24, 2.45) is 0 Å². The second-order valence-corrected chi connectivity index (χ2v) is 17.3. The maximum Gasteiger partial charge on any atom is 0.162 e. The molecule has 14 aromatic rings.